The summed E-state index contributed by atoms with van der Waals surface area (Å²) < 4.78 is 0. The number of nitrogens with two attached hydrogens (primary N) is 1. The summed E-state index contributed by atoms with van der Waals surface area (Å²) in [6.07, 6.45) is 2.76. The molecule has 0 radical (unpaired) electrons. The van der Waals surface area contributed by atoms with E-state index >= 15 is 0 Å². The summed E-state index contributed by atoms with van der Waals surface area (Å²) >= 11 is 5.44. The van der Waals surface area contributed by atoms with Crippen LogP contribution in [0.4, 0.5) is 0 Å². The molecule has 198 valence electrons. The van der Waals surface area contributed by atoms with Crippen molar-refractivity contribution in [3.8, 4) is 0 Å². The highest BCUT2D eigenvalue weighted by Gasteiger charge is 2.31. The number of aromatic nitrogens is 1. The van der Waals surface area contributed by atoms with Crippen LogP contribution in [0.3, 0.4) is 0 Å². The summed E-state index contributed by atoms with van der Waals surface area (Å²) in [7, 11) is 0. The van der Waals surface area contributed by atoms with Crippen LogP contribution < -0.4 is 21.7 Å². The summed E-state index contributed by atoms with van der Waals surface area (Å²) in [4.78, 5) is 53.3. The van der Waals surface area contributed by atoms with Gasteiger partial charge in [0.2, 0.25) is 17.7 Å². The first-order valence-electron chi connectivity index (χ1n) is 11.3. The summed E-state index contributed by atoms with van der Waals surface area (Å²) in [5, 5.41) is 27.4. The van der Waals surface area contributed by atoms with E-state index in [1.54, 1.807) is 6.20 Å². The summed E-state index contributed by atoms with van der Waals surface area (Å²) in [5.74, 6) is -2.91. The van der Waals surface area contributed by atoms with E-state index in [2.05, 4.69) is 33.6 Å². The van der Waals surface area contributed by atoms with Crippen LogP contribution in [-0.2, 0) is 25.6 Å². The fraction of sp³-hybridized carbons (Fsp3) is 0.478. The first-order valence-corrected chi connectivity index (χ1v) is 13.3. The van der Waals surface area contributed by atoms with Gasteiger partial charge in [-0.25, -0.2) is 4.79 Å². The van der Waals surface area contributed by atoms with Gasteiger partial charge in [0.15, 0.2) is 0 Å². The van der Waals surface area contributed by atoms with Gasteiger partial charge in [-0.2, -0.15) is 24.4 Å². The van der Waals surface area contributed by atoms with Crippen LogP contribution in [0.25, 0.3) is 10.9 Å². The van der Waals surface area contributed by atoms with Crippen molar-refractivity contribution in [3.63, 3.8) is 0 Å². The molecule has 5 atom stereocenters. The third kappa shape index (κ3) is 8.15. The lowest BCUT2D eigenvalue weighted by Gasteiger charge is -2.25. The number of fused-ring (bicyclic) bond motifs is 1. The van der Waals surface area contributed by atoms with E-state index in [0.717, 1.165) is 16.5 Å². The standard InChI is InChI=1S/C23H33N5O6S2/c1-12(29)19(24)22(32)26-16(7-8-36-2)20(30)27-17(21(31)28-18(11-35)23(33)34)9-13-10-25-15-6-4-3-5-14(13)15/h3-6,10,12,16-19,25,29,35H,7-9,11,24H2,1-2H3,(H,26,32)(H,27,30)(H,28,31)(H,33,34). The number of H-pyrrole nitrogens is 1. The summed E-state index contributed by atoms with van der Waals surface area (Å²) in [6, 6.07) is 2.79. The highest BCUT2D eigenvalue weighted by atomic mass is 32.2. The van der Waals surface area contributed by atoms with Crippen molar-refractivity contribution in [1.29, 1.82) is 0 Å². The van der Waals surface area contributed by atoms with E-state index in [1.165, 1.54) is 18.7 Å². The number of thiol groups is 1. The van der Waals surface area contributed by atoms with Crippen molar-refractivity contribution in [1.82, 2.24) is 20.9 Å². The number of nitrogens with one attached hydrogen (secondary N) is 4. The van der Waals surface area contributed by atoms with E-state index in [1.807, 2.05) is 30.5 Å². The molecule has 5 unspecified atom stereocenters. The van der Waals surface area contributed by atoms with Gasteiger partial charge in [0, 0.05) is 29.3 Å². The monoisotopic (exact) mass is 539 g/mol. The number of aliphatic hydroxyl groups is 1. The maximum absolute atomic E-state index is 13.2. The second kappa shape index (κ2) is 14.1. The van der Waals surface area contributed by atoms with Crippen LogP contribution in [0.2, 0.25) is 0 Å². The van der Waals surface area contributed by atoms with E-state index in [9.17, 15) is 29.4 Å². The summed E-state index contributed by atoms with van der Waals surface area (Å²) in [5.41, 5.74) is 7.28. The highest BCUT2D eigenvalue weighted by Crippen LogP contribution is 2.19. The van der Waals surface area contributed by atoms with E-state index in [4.69, 9.17) is 5.73 Å². The highest BCUT2D eigenvalue weighted by molar-refractivity contribution is 7.98. The molecule has 0 spiro atoms. The van der Waals surface area contributed by atoms with E-state index in [-0.39, 0.29) is 18.6 Å². The van der Waals surface area contributed by atoms with Crippen molar-refractivity contribution < 1.29 is 29.4 Å². The molecule has 1 aromatic heterocycles. The molecule has 0 aliphatic carbocycles. The summed E-state index contributed by atoms with van der Waals surface area (Å²) in [6.45, 7) is 1.36. The Hall–Kier alpha value is -2.74. The van der Waals surface area contributed by atoms with Gasteiger partial charge in [0.05, 0.1) is 6.10 Å². The van der Waals surface area contributed by atoms with Gasteiger partial charge in [0.1, 0.15) is 24.2 Å². The largest absolute Gasteiger partial charge is 0.480 e. The molecule has 1 aromatic carbocycles. The Morgan fingerprint density at radius 2 is 1.67 bits per heavy atom. The fourth-order valence-corrected chi connectivity index (χ4v) is 4.17. The average molecular weight is 540 g/mol. The number of carboxylic acid groups (broad SMARTS) is 1. The van der Waals surface area contributed by atoms with Gasteiger partial charge in [-0.15, -0.1) is 0 Å². The van der Waals surface area contributed by atoms with Gasteiger partial charge in [-0.05, 0) is 37.0 Å². The van der Waals surface area contributed by atoms with Crippen molar-refractivity contribution in [2.24, 2.45) is 5.73 Å². The maximum Gasteiger partial charge on any atom is 0.327 e. The van der Waals surface area contributed by atoms with Crippen LogP contribution in [0.15, 0.2) is 30.5 Å². The number of rotatable bonds is 14. The van der Waals surface area contributed by atoms with Crippen LogP contribution in [0.1, 0.15) is 18.9 Å². The SMILES string of the molecule is CSCCC(NC(=O)C(N)C(C)O)C(=O)NC(Cc1c[nH]c2ccccc12)C(=O)NC(CS)C(=O)O. The number of carbonyl (C=O) groups excluding carboxylic acids is 3. The number of aliphatic carboxylic acids is 1. The molecule has 0 saturated heterocycles. The Labute approximate surface area is 218 Å². The molecule has 36 heavy (non-hydrogen) atoms. The number of benzene rings is 1. The number of hydrogen-bond donors (Lipinski definition) is 8. The van der Waals surface area contributed by atoms with Gasteiger partial charge in [0.25, 0.3) is 0 Å². The fourth-order valence-electron chi connectivity index (χ4n) is 3.45. The van der Waals surface area contributed by atoms with Crippen molar-refractivity contribution in [3.05, 3.63) is 36.0 Å². The number of thioether (sulfide) groups is 1. The zero-order valence-electron chi connectivity index (χ0n) is 20.1. The number of aliphatic hydroxyl groups excluding tert-OH is 1. The molecule has 0 aliphatic rings. The number of hydrogen-bond acceptors (Lipinski definition) is 8. The second-order valence-electron chi connectivity index (χ2n) is 8.32. The Bertz CT molecular complexity index is 1060. The third-order valence-corrected chi connectivity index (χ3v) is 6.60. The predicted molar refractivity (Wildman–Crippen MR) is 142 cm³/mol. The average Bonchev–Trinajstić information content (AvgIpc) is 3.26. The number of carbonyl (C=O) groups is 4. The Morgan fingerprint density at radius 1 is 1.06 bits per heavy atom. The van der Waals surface area contributed by atoms with Crippen LogP contribution in [0, 0.1) is 0 Å². The van der Waals surface area contributed by atoms with E-state index in [0.29, 0.717) is 5.75 Å². The molecule has 0 aliphatic heterocycles. The zero-order valence-corrected chi connectivity index (χ0v) is 21.8. The Balaban J connectivity index is 2.29. The van der Waals surface area contributed by atoms with Crippen LogP contribution >= 0.6 is 24.4 Å². The Morgan fingerprint density at radius 3 is 2.28 bits per heavy atom. The smallest absolute Gasteiger partial charge is 0.327 e. The first kappa shape index (κ1) is 29.5. The van der Waals surface area contributed by atoms with E-state index < -0.39 is 54.0 Å². The molecule has 3 amide bonds. The minimum absolute atomic E-state index is 0.0663. The Kier molecular flexibility index (Phi) is 11.6. The minimum atomic E-state index is -1.26. The lowest BCUT2D eigenvalue weighted by Crippen LogP contribution is -2.58. The number of carboxylic acids is 1. The molecule has 0 fully saturated rings. The lowest BCUT2D eigenvalue weighted by molar-refractivity contribution is -0.141. The van der Waals surface area contributed by atoms with Crippen molar-refractivity contribution in [2.45, 2.75) is 50.0 Å². The molecule has 2 rings (SSSR count). The van der Waals surface area contributed by atoms with Gasteiger partial charge in [-0.1, -0.05) is 18.2 Å². The number of amides is 3. The molecule has 13 heteroatoms. The molecule has 11 nitrogen and oxygen atoms in total. The first-order chi connectivity index (χ1) is 17.1. The zero-order chi connectivity index (χ0) is 26.8. The topological polar surface area (TPSA) is 187 Å². The quantitative estimate of drug-likeness (QED) is 0.150. The lowest BCUT2D eigenvalue weighted by atomic mass is 10.0. The molecular formula is C23H33N5O6S2. The van der Waals surface area contributed by atoms with Crippen LogP contribution in [0.5, 0.6) is 0 Å². The number of aromatic amines is 1. The number of para-hydroxylation sites is 1. The van der Waals surface area contributed by atoms with Gasteiger partial charge >= 0.3 is 5.97 Å². The molecule has 0 bridgehead atoms. The predicted octanol–water partition coefficient (Wildman–Crippen LogP) is -0.360. The van der Waals surface area contributed by atoms with Crippen molar-refractivity contribution >= 4 is 59.0 Å². The maximum atomic E-state index is 13.2. The minimum Gasteiger partial charge on any atom is -0.480 e. The second-order valence-corrected chi connectivity index (χ2v) is 9.67. The van der Waals surface area contributed by atoms with Gasteiger partial charge in [-0.3, -0.25) is 14.4 Å². The van der Waals surface area contributed by atoms with Gasteiger partial charge < -0.3 is 36.9 Å². The molecule has 8 N–H and O–H groups in total. The normalized spacial score (nSPS) is 15.4. The molecular weight excluding hydrogens is 506 g/mol. The third-order valence-electron chi connectivity index (χ3n) is 5.60. The van der Waals surface area contributed by atoms with Crippen LogP contribution in [-0.4, -0.2) is 86.9 Å². The molecule has 1 heterocycles. The molecule has 0 saturated carbocycles. The van der Waals surface area contributed by atoms with Crippen molar-refractivity contribution in [2.75, 3.05) is 17.8 Å². The molecule has 2 aromatic rings.